The van der Waals surface area contributed by atoms with Gasteiger partial charge in [0.1, 0.15) is 0 Å². The third-order valence-electron chi connectivity index (χ3n) is 6.18. The highest BCUT2D eigenvalue weighted by molar-refractivity contribution is 5.81. The maximum atomic E-state index is 13.1. The predicted molar refractivity (Wildman–Crippen MR) is 118 cm³/mol. The third kappa shape index (κ3) is 6.13. The minimum atomic E-state index is -0.00232. The van der Waals surface area contributed by atoms with Gasteiger partial charge in [0, 0.05) is 17.6 Å². The zero-order valence-electron chi connectivity index (χ0n) is 18.5. The summed E-state index contributed by atoms with van der Waals surface area (Å²) in [6, 6.07) is 6.33. The molecule has 0 aromatic heterocycles. The number of carbonyl (C=O) groups is 1. The fourth-order valence-corrected chi connectivity index (χ4v) is 4.73. The summed E-state index contributed by atoms with van der Waals surface area (Å²) in [4.78, 5) is 20.6. The quantitative estimate of drug-likeness (QED) is 0.423. The first-order valence-corrected chi connectivity index (χ1v) is 11.5. The highest BCUT2D eigenvalue weighted by atomic mass is 16.6. The zero-order chi connectivity index (χ0) is 21.2. The maximum Gasteiger partial charge on any atom is 0.263 e. The van der Waals surface area contributed by atoms with Gasteiger partial charge in [-0.2, -0.15) is 0 Å². The van der Waals surface area contributed by atoms with E-state index in [4.69, 9.17) is 14.3 Å². The van der Waals surface area contributed by atoms with Crippen LogP contribution < -0.4 is 9.47 Å². The lowest BCUT2D eigenvalue weighted by Crippen LogP contribution is -2.50. The van der Waals surface area contributed by atoms with E-state index in [2.05, 4.69) is 10.1 Å². The van der Waals surface area contributed by atoms with Crippen LogP contribution >= 0.6 is 0 Å². The van der Waals surface area contributed by atoms with E-state index in [0.717, 1.165) is 31.2 Å². The van der Waals surface area contributed by atoms with Gasteiger partial charge in [-0.1, -0.05) is 43.7 Å². The molecule has 0 bridgehead atoms. The lowest BCUT2D eigenvalue weighted by molar-refractivity contribution is -0.143. The van der Waals surface area contributed by atoms with Crippen molar-refractivity contribution in [2.45, 2.75) is 83.2 Å². The summed E-state index contributed by atoms with van der Waals surface area (Å²) < 4.78 is 10.9. The molecule has 1 aromatic rings. The van der Waals surface area contributed by atoms with Crippen molar-refractivity contribution in [1.82, 2.24) is 4.90 Å². The van der Waals surface area contributed by atoms with Gasteiger partial charge in [0.05, 0.1) is 19.9 Å². The third-order valence-corrected chi connectivity index (χ3v) is 6.18. The zero-order valence-corrected chi connectivity index (χ0v) is 18.5. The lowest BCUT2D eigenvalue weighted by Gasteiger charge is -2.41. The van der Waals surface area contributed by atoms with Crippen LogP contribution in [0.5, 0.6) is 11.5 Å². The second-order valence-electron chi connectivity index (χ2n) is 8.24. The standard InChI is InChI=1S/C24H36N2O4/c1-3-29-22-15-14-19(16-23(22)28-2)17-25-30-18-24(27)26(20-10-6-4-7-11-20)21-12-8-5-9-13-21/h14-17,20-21H,3-13,18H2,1-2H3. The van der Waals surface area contributed by atoms with E-state index >= 15 is 0 Å². The van der Waals surface area contributed by atoms with E-state index in [0.29, 0.717) is 30.2 Å². The van der Waals surface area contributed by atoms with Crippen molar-refractivity contribution < 1.29 is 19.1 Å². The summed E-state index contributed by atoms with van der Waals surface area (Å²) in [5, 5.41) is 4.04. The van der Waals surface area contributed by atoms with Gasteiger partial charge >= 0.3 is 0 Å². The Bertz CT molecular complexity index is 676. The number of carbonyl (C=O) groups excluding carboxylic acids is 1. The summed E-state index contributed by atoms with van der Waals surface area (Å²) in [6.45, 7) is 2.51. The first-order chi connectivity index (χ1) is 14.7. The monoisotopic (exact) mass is 416 g/mol. The number of hydrogen-bond acceptors (Lipinski definition) is 5. The molecule has 0 atom stereocenters. The molecule has 0 saturated heterocycles. The van der Waals surface area contributed by atoms with E-state index in [-0.39, 0.29) is 12.5 Å². The second kappa shape index (κ2) is 11.8. The topological polar surface area (TPSA) is 60.4 Å². The number of nitrogens with zero attached hydrogens (tertiary/aromatic N) is 2. The largest absolute Gasteiger partial charge is 0.493 e. The SMILES string of the molecule is CCOc1ccc(C=NOCC(=O)N(C2CCCCC2)C2CCCCC2)cc1OC. The minimum Gasteiger partial charge on any atom is -0.493 e. The van der Waals surface area contributed by atoms with Crippen LogP contribution in [0.25, 0.3) is 0 Å². The fraction of sp³-hybridized carbons (Fsp3) is 0.667. The average molecular weight is 417 g/mol. The minimum absolute atomic E-state index is 0.00232. The molecule has 2 aliphatic rings. The van der Waals surface area contributed by atoms with Gasteiger partial charge < -0.3 is 19.2 Å². The van der Waals surface area contributed by atoms with Crippen LogP contribution in [0.3, 0.4) is 0 Å². The van der Waals surface area contributed by atoms with E-state index in [1.807, 2.05) is 25.1 Å². The van der Waals surface area contributed by atoms with Crippen molar-refractivity contribution in [3.05, 3.63) is 23.8 Å². The van der Waals surface area contributed by atoms with Crippen LogP contribution in [-0.2, 0) is 9.63 Å². The molecule has 2 aliphatic carbocycles. The molecule has 0 unspecified atom stereocenters. The molecular formula is C24H36N2O4. The summed E-state index contributed by atoms with van der Waals surface area (Å²) in [6.07, 6.45) is 13.6. The van der Waals surface area contributed by atoms with Crippen LogP contribution in [0.1, 0.15) is 76.7 Å². The van der Waals surface area contributed by atoms with E-state index in [1.165, 1.54) is 38.5 Å². The number of rotatable bonds is 9. The number of oxime groups is 1. The smallest absolute Gasteiger partial charge is 0.263 e. The van der Waals surface area contributed by atoms with Gasteiger partial charge in [-0.15, -0.1) is 0 Å². The maximum absolute atomic E-state index is 13.1. The molecule has 0 radical (unpaired) electrons. The van der Waals surface area contributed by atoms with Gasteiger partial charge in [0.2, 0.25) is 0 Å². The Morgan fingerprint density at radius 3 is 2.23 bits per heavy atom. The lowest BCUT2D eigenvalue weighted by atomic mass is 9.88. The fourth-order valence-electron chi connectivity index (χ4n) is 4.73. The normalized spacial score (nSPS) is 18.3. The van der Waals surface area contributed by atoms with Crippen molar-refractivity contribution in [2.75, 3.05) is 20.3 Å². The van der Waals surface area contributed by atoms with E-state index < -0.39 is 0 Å². The van der Waals surface area contributed by atoms with Crippen molar-refractivity contribution in [3.63, 3.8) is 0 Å². The Morgan fingerprint density at radius 1 is 1.03 bits per heavy atom. The average Bonchev–Trinajstić information content (AvgIpc) is 2.79. The van der Waals surface area contributed by atoms with Gasteiger partial charge in [0.15, 0.2) is 18.1 Å². The van der Waals surface area contributed by atoms with Crippen LogP contribution in [0.15, 0.2) is 23.4 Å². The first kappa shape index (κ1) is 22.4. The molecule has 30 heavy (non-hydrogen) atoms. The number of amides is 1. The Balaban J connectivity index is 1.58. The van der Waals surface area contributed by atoms with Gasteiger partial charge in [-0.25, -0.2) is 0 Å². The Morgan fingerprint density at radius 2 is 1.67 bits per heavy atom. The number of methoxy groups -OCH3 is 1. The first-order valence-electron chi connectivity index (χ1n) is 11.5. The van der Waals surface area contributed by atoms with Crippen molar-refractivity contribution in [3.8, 4) is 11.5 Å². The van der Waals surface area contributed by atoms with Crippen LogP contribution in [0.4, 0.5) is 0 Å². The highest BCUT2D eigenvalue weighted by Gasteiger charge is 2.32. The molecule has 6 nitrogen and oxygen atoms in total. The predicted octanol–water partition coefficient (Wildman–Crippen LogP) is 4.94. The molecule has 1 aromatic carbocycles. The highest BCUT2D eigenvalue weighted by Crippen LogP contribution is 2.30. The number of hydrogen-bond donors (Lipinski definition) is 0. The molecule has 0 aliphatic heterocycles. The number of ether oxygens (including phenoxy) is 2. The van der Waals surface area contributed by atoms with Crippen molar-refractivity contribution in [2.24, 2.45) is 5.16 Å². The van der Waals surface area contributed by atoms with Crippen molar-refractivity contribution in [1.29, 1.82) is 0 Å². The molecular weight excluding hydrogens is 380 g/mol. The second-order valence-corrected chi connectivity index (χ2v) is 8.24. The molecule has 2 saturated carbocycles. The van der Waals surface area contributed by atoms with E-state index in [1.54, 1.807) is 13.3 Å². The molecule has 166 valence electrons. The molecule has 6 heteroatoms. The van der Waals surface area contributed by atoms with Crippen LogP contribution in [0.2, 0.25) is 0 Å². The summed E-state index contributed by atoms with van der Waals surface area (Å²) in [5.74, 6) is 1.43. The molecule has 1 amide bonds. The molecule has 2 fully saturated rings. The van der Waals surface area contributed by atoms with Gasteiger partial charge in [-0.3, -0.25) is 4.79 Å². The van der Waals surface area contributed by atoms with Gasteiger partial charge in [0.25, 0.3) is 5.91 Å². The van der Waals surface area contributed by atoms with Crippen LogP contribution in [-0.4, -0.2) is 49.4 Å². The van der Waals surface area contributed by atoms with Crippen LogP contribution in [0, 0.1) is 0 Å². The van der Waals surface area contributed by atoms with E-state index in [9.17, 15) is 4.79 Å². The Hall–Kier alpha value is -2.24. The molecule has 0 heterocycles. The number of benzene rings is 1. The van der Waals surface area contributed by atoms with Gasteiger partial charge in [-0.05, 0) is 50.8 Å². The summed E-state index contributed by atoms with van der Waals surface area (Å²) >= 11 is 0. The van der Waals surface area contributed by atoms with Crippen molar-refractivity contribution >= 4 is 12.1 Å². The Kier molecular flexibility index (Phi) is 8.84. The summed E-state index contributed by atoms with van der Waals surface area (Å²) in [7, 11) is 1.61. The molecule has 0 spiro atoms. The molecule has 3 rings (SSSR count). The Labute approximate surface area is 180 Å². The summed E-state index contributed by atoms with van der Waals surface area (Å²) in [5.41, 5.74) is 0.833. The molecule has 0 N–H and O–H groups in total.